The van der Waals surface area contributed by atoms with Crippen molar-refractivity contribution < 1.29 is 15.0 Å². The van der Waals surface area contributed by atoms with Crippen molar-refractivity contribution in [2.75, 3.05) is 0 Å². The normalized spacial score (nSPS) is 43.4. The molecule has 0 spiro atoms. The van der Waals surface area contributed by atoms with Gasteiger partial charge in [0.2, 0.25) is 0 Å². The molecule has 0 aromatic heterocycles. The lowest BCUT2D eigenvalue weighted by molar-refractivity contribution is -0.137. The molecule has 3 nitrogen and oxygen atoms in total. The van der Waals surface area contributed by atoms with E-state index in [2.05, 4.69) is 53.7 Å². The van der Waals surface area contributed by atoms with Crippen LogP contribution in [0.2, 0.25) is 0 Å². The van der Waals surface area contributed by atoms with Gasteiger partial charge < -0.3 is 10.2 Å². The Kier molecular flexibility index (Phi) is 6.01. The van der Waals surface area contributed by atoms with Crippen molar-refractivity contribution in [1.29, 1.82) is 0 Å². The van der Waals surface area contributed by atoms with E-state index in [-0.39, 0.29) is 27.8 Å². The lowest BCUT2D eigenvalue weighted by Crippen LogP contribution is -2.54. The Bertz CT molecular complexity index is 822. The van der Waals surface area contributed by atoms with Crippen LogP contribution in [0.5, 0.6) is 0 Å². The number of hydrogen-bond donors (Lipinski definition) is 2. The minimum atomic E-state index is -0.669. The van der Waals surface area contributed by atoms with Crippen LogP contribution >= 0.6 is 0 Å². The van der Waals surface area contributed by atoms with Crippen LogP contribution in [0.15, 0.2) is 23.3 Å². The van der Waals surface area contributed by atoms with E-state index in [0.29, 0.717) is 24.2 Å². The molecule has 7 atom stereocenters. The van der Waals surface area contributed by atoms with Crippen LogP contribution in [0.4, 0.5) is 0 Å². The van der Waals surface area contributed by atoms with Crippen LogP contribution in [0.1, 0.15) is 106 Å². The maximum atomic E-state index is 10.9. The number of fused-ring (bicyclic) bond motifs is 5. The third-order valence-corrected chi connectivity index (χ3v) is 11.2. The first-order valence-electron chi connectivity index (χ1n) is 13.2. The lowest BCUT2D eigenvalue weighted by Gasteiger charge is -2.61. The highest BCUT2D eigenvalue weighted by atomic mass is 16.4. The molecule has 3 heteroatoms. The number of carboxylic acids is 1. The second-order valence-corrected chi connectivity index (χ2v) is 13.1. The van der Waals surface area contributed by atoms with Gasteiger partial charge in [-0.25, -0.2) is 0 Å². The highest BCUT2D eigenvalue weighted by Gasteiger charge is 2.62. The Labute approximate surface area is 195 Å². The summed E-state index contributed by atoms with van der Waals surface area (Å²) in [5.74, 6) is 1.14. The Morgan fingerprint density at radius 3 is 2.50 bits per heavy atom. The average molecular weight is 443 g/mol. The van der Waals surface area contributed by atoms with Crippen LogP contribution in [0.3, 0.4) is 0 Å². The number of allylic oxidation sites excluding steroid dienone is 4. The fraction of sp³-hybridized carbons (Fsp3) is 0.828. The molecule has 0 bridgehead atoms. The number of aliphatic hydroxyl groups excluding tert-OH is 1. The van der Waals surface area contributed by atoms with Gasteiger partial charge in [-0.1, -0.05) is 60.1 Å². The highest BCUT2D eigenvalue weighted by Crippen LogP contribution is 2.71. The molecule has 2 N–H and O–H groups in total. The van der Waals surface area contributed by atoms with Gasteiger partial charge in [0.25, 0.3) is 0 Å². The average Bonchev–Trinajstić information content (AvgIpc) is 2.96. The zero-order valence-electron chi connectivity index (χ0n) is 21.3. The summed E-state index contributed by atoms with van der Waals surface area (Å²) < 4.78 is 0. The molecule has 0 radical (unpaired) electrons. The van der Waals surface area contributed by atoms with E-state index >= 15 is 0 Å². The van der Waals surface area contributed by atoms with Crippen molar-refractivity contribution in [3.8, 4) is 0 Å². The molecule has 0 saturated heterocycles. The largest absolute Gasteiger partial charge is 0.481 e. The van der Waals surface area contributed by atoms with Crippen LogP contribution in [-0.2, 0) is 4.79 Å². The van der Waals surface area contributed by atoms with Crippen LogP contribution in [0, 0.1) is 39.4 Å². The van der Waals surface area contributed by atoms with E-state index in [0.717, 1.165) is 38.5 Å². The second kappa shape index (κ2) is 8.00. The molecule has 0 aliphatic heterocycles. The van der Waals surface area contributed by atoms with Gasteiger partial charge in [0.05, 0.1) is 6.10 Å². The van der Waals surface area contributed by atoms with Gasteiger partial charge in [-0.3, -0.25) is 4.79 Å². The first-order chi connectivity index (χ1) is 14.9. The molecule has 0 amide bonds. The fourth-order valence-corrected chi connectivity index (χ4v) is 8.69. The van der Waals surface area contributed by atoms with Gasteiger partial charge in [-0.2, -0.15) is 0 Å². The SMILES string of the molecule is C[C@H](CCCC(=O)O)CC1CC[C@@]2(C)C3=CCC4C(C)(C)[C@@H](O)CC[C@]4(C)C3=CC[C@]12C. The van der Waals surface area contributed by atoms with Crippen molar-refractivity contribution in [2.24, 2.45) is 39.4 Å². The van der Waals surface area contributed by atoms with Crippen LogP contribution < -0.4 is 0 Å². The topological polar surface area (TPSA) is 57.5 Å². The Balaban J connectivity index is 1.58. The van der Waals surface area contributed by atoms with E-state index in [9.17, 15) is 9.90 Å². The molecule has 4 rings (SSSR count). The van der Waals surface area contributed by atoms with Gasteiger partial charge in [0, 0.05) is 6.42 Å². The number of rotatable bonds is 6. The molecule has 4 aliphatic carbocycles. The third-order valence-electron chi connectivity index (χ3n) is 11.2. The Hall–Kier alpha value is -1.09. The summed E-state index contributed by atoms with van der Waals surface area (Å²) in [6.45, 7) is 14.5. The molecule has 0 aromatic rings. The molecule has 180 valence electrons. The van der Waals surface area contributed by atoms with Crippen LogP contribution in [0.25, 0.3) is 0 Å². The first kappa shape index (κ1) is 24.0. The van der Waals surface area contributed by atoms with Crippen molar-refractivity contribution >= 4 is 5.97 Å². The summed E-state index contributed by atoms with van der Waals surface area (Å²) in [6.07, 6.45) is 15.2. The predicted octanol–water partition coefficient (Wildman–Crippen LogP) is 7.15. The summed E-state index contributed by atoms with van der Waals surface area (Å²) in [4.78, 5) is 10.9. The first-order valence-corrected chi connectivity index (χ1v) is 13.2. The summed E-state index contributed by atoms with van der Waals surface area (Å²) in [5, 5.41) is 19.7. The van der Waals surface area contributed by atoms with E-state index in [1.807, 2.05) is 0 Å². The third kappa shape index (κ3) is 3.44. The standard InChI is InChI=1S/C29H46O3/c1-19(8-7-9-25(31)32)18-20-12-16-29(6)22-10-11-23-26(2,3)24(30)14-15-27(23,4)21(22)13-17-28(20,29)5/h10,13,19-20,23-24,30H,7-9,11-12,14-18H2,1-6H3,(H,31,32)/t19-,20?,23?,24+,27-,28-,29+/m1/s1. The molecule has 2 fully saturated rings. The molecule has 4 aliphatic rings. The van der Waals surface area contributed by atoms with Crippen molar-refractivity contribution in [3.63, 3.8) is 0 Å². The number of aliphatic carboxylic acids is 1. The molecule has 2 saturated carbocycles. The second-order valence-electron chi connectivity index (χ2n) is 13.1. The summed E-state index contributed by atoms with van der Waals surface area (Å²) >= 11 is 0. The maximum absolute atomic E-state index is 10.9. The van der Waals surface area contributed by atoms with Gasteiger partial charge in [-0.15, -0.1) is 0 Å². The zero-order chi connectivity index (χ0) is 23.5. The number of hydrogen-bond acceptors (Lipinski definition) is 2. The monoisotopic (exact) mass is 442 g/mol. The van der Waals surface area contributed by atoms with Gasteiger partial charge in [-0.05, 0) is 102 Å². The maximum Gasteiger partial charge on any atom is 0.303 e. The smallest absolute Gasteiger partial charge is 0.303 e. The predicted molar refractivity (Wildman–Crippen MR) is 130 cm³/mol. The van der Waals surface area contributed by atoms with Crippen molar-refractivity contribution in [1.82, 2.24) is 0 Å². The molecule has 0 aromatic carbocycles. The summed E-state index contributed by atoms with van der Waals surface area (Å²) in [5.41, 5.74) is 3.91. The Morgan fingerprint density at radius 1 is 1.09 bits per heavy atom. The summed E-state index contributed by atoms with van der Waals surface area (Å²) in [6, 6.07) is 0. The Morgan fingerprint density at radius 2 is 1.81 bits per heavy atom. The van der Waals surface area contributed by atoms with Gasteiger partial charge in [0.15, 0.2) is 0 Å². The number of carbonyl (C=O) groups is 1. The number of aliphatic hydroxyl groups is 1. The van der Waals surface area contributed by atoms with Gasteiger partial charge in [0.1, 0.15) is 0 Å². The van der Waals surface area contributed by atoms with E-state index in [1.165, 1.54) is 19.3 Å². The van der Waals surface area contributed by atoms with E-state index in [4.69, 9.17) is 5.11 Å². The fourth-order valence-electron chi connectivity index (χ4n) is 8.69. The van der Waals surface area contributed by atoms with Crippen molar-refractivity contribution in [2.45, 2.75) is 112 Å². The summed E-state index contributed by atoms with van der Waals surface area (Å²) in [7, 11) is 0. The minimum Gasteiger partial charge on any atom is -0.481 e. The van der Waals surface area contributed by atoms with E-state index < -0.39 is 5.97 Å². The molecular weight excluding hydrogens is 396 g/mol. The molecule has 32 heavy (non-hydrogen) atoms. The van der Waals surface area contributed by atoms with Gasteiger partial charge >= 0.3 is 5.97 Å². The highest BCUT2D eigenvalue weighted by molar-refractivity contribution is 5.66. The van der Waals surface area contributed by atoms with E-state index in [1.54, 1.807) is 11.1 Å². The van der Waals surface area contributed by atoms with Crippen LogP contribution in [-0.4, -0.2) is 22.3 Å². The molecular formula is C29H46O3. The quantitative estimate of drug-likeness (QED) is 0.459. The zero-order valence-corrected chi connectivity index (χ0v) is 21.3. The molecule has 0 heterocycles. The minimum absolute atomic E-state index is 0.0406. The lowest BCUT2D eigenvalue weighted by atomic mass is 9.44. The molecule has 2 unspecified atom stereocenters. The number of carboxylic acid groups (broad SMARTS) is 1. The van der Waals surface area contributed by atoms with Crippen molar-refractivity contribution in [3.05, 3.63) is 23.3 Å².